The van der Waals surface area contributed by atoms with Gasteiger partial charge in [-0.05, 0) is 36.5 Å². The molecule has 2 rings (SSSR count). The minimum absolute atomic E-state index is 0.293. The van der Waals surface area contributed by atoms with Gasteiger partial charge in [0.25, 0.3) is 0 Å². The molecule has 1 aliphatic carbocycles. The summed E-state index contributed by atoms with van der Waals surface area (Å²) in [7, 11) is 0. The zero-order valence-electron chi connectivity index (χ0n) is 8.09. The molecule has 4 heteroatoms. The minimum Gasteiger partial charge on any atom is -0.369 e. The Labute approximate surface area is 86.1 Å². The highest BCUT2D eigenvalue weighted by Gasteiger charge is 2.25. The molecule has 0 bridgehead atoms. The van der Waals surface area contributed by atoms with Crippen LogP contribution >= 0.6 is 0 Å². The summed E-state index contributed by atoms with van der Waals surface area (Å²) < 4.78 is 26.2. The first-order valence-corrected chi connectivity index (χ1v) is 4.84. The van der Waals surface area contributed by atoms with Gasteiger partial charge in [0.15, 0.2) is 0 Å². The summed E-state index contributed by atoms with van der Waals surface area (Å²) in [5.41, 5.74) is 6.27. The SMILES string of the molecule is NC(=O)C1CCc2c(F)cc(F)cc2C1. The van der Waals surface area contributed by atoms with Gasteiger partial charge in [-0.2, -0.15) is 0 Å². The van der Waals surface area contributed by atoms with Gasteiger partial charge in [0.05, 0.1) is 0 Å². The van der Waals surface area contributed by atoms with E-state index in [1.807, 2.05) is 0 Å². The summed E-state index contributed by atoms with van der Waals surface area (Å²) >= 11 is 0. The number of nitrogens with two attached hydrogens (primary N) is 1. The zero-order valence-corrected chi connectivity index (χ0v) is 8.09. The maximum atomic E-state index is 13.3. The standard InChI is InChI=1S/C11H11F2NO/c12-8-4-7-3-6(11(14)15)1-2-9(7)10(13)5-8/h4-6H,1-3H2,(H2,14,15). The quantitative estimate of drug-likeness (QED) is 0.752. The average molecular weight is 211 g/mol. The second-order valence-corrected chi connectivity index (χ2v) is 3.87. The highest BCUT2D eigenvalue weighted by molar-refractivity contribution is 5.77. The highest BCUT2D eigenvalue weighted by Crippen LogP contribution is 2.28. The lowest BCUT2D eigenvalue weighted by Crippen LogP contribution is -2.29. The summed E-state index contributed by atoms with van der Waals surface area (Å²) in [4.78, 5) is 11.0. The van der Waals surface area contributed by atoms with Crippen LogP contribution in [0.25, 0.3) is 0 Å². The molecule has 2 nitrogen and oxygen atoms in total. The summed E-state index contributed by atoms with van der Waals surface area (Å²) in [5.74, 6) is -1.81. The zero-order chi connectivity index (χ0) is 11.0. The Hall–Kier alpha value is -1.45. The van der Waals surface area contributed by atoms with Crippen molar-refractivity contribution < 1.29 is 13.6 Å². The van der Waals surface area contributed by atoms with Crippen LogP contribution in [-0.2, 0) is 17.6 Å². The number of hydrogen-bond acceptors (Lipinski definition) is 1. The van der Waals surface area contributed by atoms with Gasteiger partial charge in [0, 0.05) is 12.0 Å². The maximum absolute atomic E-state index is 13.3. The highest BCUT2D eigenvalue weighted by atomic mass is 19.1. The maximum Gasteiger partial charge on any atom is 0.220 e. The molecule has 80 valence electrons. The van der Waals surface area contributed by atoms with E-state index in [1.54, 1.807) is 0 Å². The van der Waals surface area contributed by atoms with E-state index in [0.29, 0.717) is 30.4 Å². The molecule has 1 aliphatic rings. The van der Waals surface area contributed by atoms with E-state index in [2.05, 4.69) is 0 Å². The van der Waals surface area contributed by atoms with Gasteiger partial charge in [-0.1, -0.05) is 0 Å². The third-order valence-corrected chi connectivity index (χ3v) is 2.86. The summed E-state index contributed by atoms with van der Waals surface area (Å²) in [6.07, 6.45) is 1.35. The van der Waals surface area contributed by atoms with Crippen molar-refractivity contribution in [2.24, 2.45) is 11.7 Å². The number of carbonyl (C=O) groups is 1. The molecule has 1 aromatic rings. The molecule has 0 saturated carbocycles. The summed E-state index contributed by atoms with van der Waals surface area (Å²) in [6.45, 7) is 0. The van der Waals surface area contributed by atoms with Gasteiger partial charge in [0.2, 0.25) is 5.91 Å². The third-order valence-electron chi connectivity index (χ3n) is 2.86. The van der Waals surface area contributed by atoms with Crippen LogP contribution in [-0.4, -0.2) is 5.91 Å². The molecular weight excluding hydrogens is 200 g/mol. The number of benzene rings is 1. The van der Waals surface area contributed by atoms with Crippen LogP contribution in [0.2, 0.25) is 0 Å². The van der Waals surface area contributed by atoms with E-state index in [4.69, 9.17) is 5.73 Å². The van der Waals surface area contributed by atoms with Crippen LogP contribution in [0.3, 0.4) is 0 Å². The molecule has 0 saturated heterocycles. The summed E-state index contributed by atoms with van der Waals surface area (Å²) in [5, 5.41) is 0. The molecule has 1 amide bonds. The lowest BCUT2D eigenvalue weighted by atomic mass is 9.83. The van der Waals surface area contributed by atoms with Crippen LogP contribution in [0.5, 0.6) is 0 Å². The number of rotatable bonds is 1. The number of amides is 1. The van der Waals surface area contributed by atoms with Crippen molar-refractivity contribution in [1.29, 1.82) is 0 Å². The first-order chi connectivity index (χ1) is 7.08. The normalized spacial score (nSPS) is 19.7. The Kier molecular flexibility index (Phi) is 2.42. The molecule has 0 spiro atoms. The lowest BCUT2D eigenvalue weighted by molar-refractivity contribution is -0.122. The van der Waals surface area contributed by atoms with E-state index >= 15 is 0 Å². The Morgan fingerprint density at radius 1 is 1.40 bits per heavy atom. The van der Waals surface area contributed by atoms with E-state index in [-0.39, 0.29) is 5.92 Å². The molecule has 0 heterocycles. The number of primary amides is 1. The minimum atomic E-state index is -0.601. The fourth-order valence-corrected chi connectivity index (χ4v) is 2.05. The fourth-order valence-electron chi connectivity index (χ4n) is 2.05. The average Bonchev–Trinajstić information content (AvgIpc) is 2.16. The predicted octanol–water partition coefficient (Wildman–Crippen LogP) is 1.55. The van der Waals surface area contributed by atoms with Gasteiger partial charge < -0.3 is 5.73 Å². The van der Waals surface area contributed by atoms with Crippen molar-refractivity contribution in [3.63, 3.8) is 0 Å². The first-order valence-electron chi connectivity index (χ1n) is 4.84. The van der Waals surface area contributed by atoms with E-state index < -0.39 is 17.5 Å². The molecule has 2 N–H and O–H groups in total. The molecule has 1 unspecified atom stereocenters. The summed E-state index contributed by atoms with van der Waals surface area (Å²) in [6, 6.07) is 2.16. The molecule has 1 atom stereocenters. The van der Waals surface area contributed by atoms with Crippen molar-refractivity contribution in [2.45, 2.75) is 19.3 Å². The molecule has 15 heavy (non-hydrogen) atoms. The van der Waals surface area contributed by atoms with Crippen molar-refractivity contribution in [2.75, 3.05) is 0 Å². The van der Waals surface area contributed by atoms with Crippen molar-refractivity contribution in [3.05, 3.63) is 34.9 Å². The molecular formula is C11H11F2NO. The van der Waals surface area contributed by atoms with Gasteiger partial charge in [-0.25, -0.2) is 8.78 Å². The van der Waals surface area contributed by atoms with E-state index in [0.717, 1.165) is 6.07 Å². The lowest BCUT2D eigenvalue weighted by Gasteiger charge is -2.22. The van der Waals surface area contributed by atoms with Gasteiger partial charge in [0.1, 0.15) is 11.6 Å². The van der Waals surface area contributed by atoms with Crippen LogP contribution < -0.4 is 5.73 Å². The second kappa shape index (κ2) is 3.61. The van der Waals surface area contributed by atoms with Gasteiger partial charge in [-0.15, -0.1) is 0 Å². The third kappa shape index (κ3) is 1.84. The molecule has 0 fully saturated rings. The monoisotopic (exact) mass is 211 g/mol. The fraction of sp³-hybridized carbons (Fsp3) is 0.364. The van der Waals surface area contributed by atoms with E-state index in [9.17, 15) is 13.6 Å². The smallest absolute Gasteiger partial charge is 0.220 e. The van der Waals surface area contributed by atoms with Crippen LogP contribution in [0.4, 0.5) is 8.78 Å². The predicted molar refractivity (Wildman–Crippen MR) is 51.1 cm³/mol. The number of fused-ring (bicyclic) bond motifs is 1. The van der Waals surface area contributed by atoms with Gasteiger partial charge in [-0.3, -0.25) is 4.79 Å². The molecule has 0 radical (unpaired) electrons. The van der Waals surface area contributed by atoms with E-state index in [1.165, 1.54) is 6.07 Å². The Balaban J connectivity index is 2.37. The second-order valence-electron chi connectivity index (χ2n) is 3.87. The topological polar surface area (TPSA) is 43.1 Å². The largest absolute Gasteiger partial charge is 0.369 e. The van der Waals surface area contributed by atoms with Crippen molar-refractivity contribution in [3.8, 4) is 0 Å². The number of hydrogen-bond donors (Lipinski definition) is 1. The van der Waals surface area contributed by atoms with Crippen LogP contribution in [0.1, 0.15) is 17.5 Å². The molecule has 0 aliphatic heterocycles. The number of carbonyl (C=O) groups excluding carboxylic acids is 1. The Morgan fingerprint density at radius 2 is 2.13 bits per heavy atom. The molecule has 1 aromatic carbocycles. The van der Waals surface area contributed by atoms with Crippen LogP contribution in [0, 0.1) is 17.6 Å². The Bertz CT molecular complexity index is 417. The van der Waals surface area contributed by atoms with Crippen LogP contribution in [0.15, 0.2) is 12.1 Å². The first kappa shape index (κ1) is 10.1. The number of halogens is 2. The van der Waals surface area contributed by atoms with Gasteiger partial charge >= 0.3 is 0 Å². The van der Waals surface area contributed by atoms with Crippen molar-refractivity contribution in [1.82, 2.24) is 0 Å². The van der Waals surface area contributed by atoms with Crippen molar-refractivity contribution >= 4 is 5.91 Å². The molecule has 0 aromatic heterocycles. The Morgan fingerprint density at radius 3 is 2.80 bits per heavy atom.